The fourth-order valence-corrected chi connectivity index (χ4v) is 2.17. The summed E-state index contributed by atoms with van der Waals surface area (Å²) in [5.41, 5.74) is 0. The summed E-state index contributed by atoms with van der Waals surface area (Å²) in [7, 11) is 1.90. The van der Waals surface area contributed by atoms with Gasteiger partial charge in [0.05, 0.1) is 13.2 Å². The molecule has 2 unspecified atom stereocenters. The molecule has 106 valence electrons. The van der Waals surface area contributed by atoms with Gasteiger partial charge in [-0.2, -0.15) is 0 Å². The van der Waals surface area contributed by atoms with E-state index < -0.39 is 0 Å². The maximum Gasteiger partial charge on any atom is 0.220 e. The summed E-state index contributed by atoms with van der Waals surface area (Å²) in [5.74, 6) is 0.151. The van der Waals surface area contributed by atoms with E-state index in [1.165, 1.54) is 0 Å². The molecule has 1 amide bonds. The van der Waals surface area contributed by atoms with Crippen molar-refractivity contribution in [2.75, 3.05) is 39.9 Å². The summed E-state index contributed by atoms with van der Waals surface area (Å²) in [6, 6.07) is 0.548. The number of rotatable bonds is 7. The standard InChI is InChI=1S/C13H27N3O2/c1-11(15-13(17)5-4-6-14-3)12(2)16-7-9-18-10-8-16/h11-12,14H,4-10H2,1-3H3,(H,15,17). The van der Waals surface area contributed by atoms with Gasteiger partial charge < -0.3 is 15.4 Å². The number of hydrogen-bond donors (Lipinski definition) is 2. The minimum atomic E-state index is 0.151. The van der Waals surface area contributed by atoms with Gasteiger partial charge in [-0.05, 0) is 33.9 Å². The first-order valence-corrected chi connectivity index (χ1v) is 6.91. The number of amides is 1. The molecule has 5 nitrogen and oxygen atoms in total. The monoisotopic (exact) mass is 257 g/mol. The quantitative estimate of drug-likeness (QED) is 0.640. The van der Waals surface area contributed by atoms with Crippen molar-refractivity contribution in [1.82, 2.24) is 15.5 Å². The predicted octanol–water partition coefficient (Wildman–Crippen LogP) is 0.211. The molecule has 1 rings (SSSR count). The Kier molecular flexibility index (Phi) is 7.23. The molecule has 18 heavy (non-hydrogen) atoms. The third-order valence-electron chi connectivity index (χ3n) is 3.56. The van der Waals surface area contributed by atoms with Gasteiger partial charge in [-0.25, -0.2) is 0 Å². The average Bonchev–Trinajstić information content (AvgIpc) is 2.39. The Hall–Kier alpha value is -0.650. The molecule has 5 heteroatoms. The molecule has 2 atom stereocenters. The van der Waals surface area contributed by atoms with Gasteiger partial charge in [0, 0.05) is 31.6 Å². The van der Waals surface area contributed by atoms with Crippen molar-refractivity contribution in [1.29, 1.82) is 0 Å². The van der Waals surface area contributed by atoms with Crippen LogP contribution in [-0.2, 0) is 9.53 Å². The zero-order valence-electron chi connectivity index (χ0n) is 11.9. The van der Waals surface area contributed by atoms with Crippen LogP contribution in [0.25, 0.3) is 0 Å². The molecular weight excluding hydrogens is 230 g/mol. The van der Waals surface area contributed by atoms with Crippen LogP contribution in [0.2, 0.25) is 0 Å². The minimum Gasteiger partial charge on any atom is -0.379 e. The maximum absolute atomic E-state index is 11.7. The van der Waals surface area contributed by atoms with Crippen LogP contribution in [0.3, 0.4) is 0 Å². The molecule has 0 aromatic rings. The number of carbonyl (C=O) groups is 1. The van der Waals surface area contributed by atoms with Gasteiger partial charge in [0.25, 0.3) is 0 Å². The van der Waals surface area contributed by atoms with Crippen molar-refractivity contribution < 1.29 is 9.53 Å². The van der Waals surface area contributed by atoms with E-state index in [0.29, 0.717) is 12.5 Å². The van der Waals surface area contributed by atoms with E-state index >= 15 is 0 Å². The van der Waals surface area contributed by atoms with E-state index in [2.05, 4.69) is 29.4 Å². The SMILES string of the molecule is CNCCCC(=O)NC(C)C(C)N1CCOCC1. The molecule has 0 aromatic carbocycles. The lowest BCUT2D eigenvalue weighted by Gasteiger charge is -2.35. The number of hydrogen-bond acceptors (Lipinski definition) is 4. The van der Waals surface area contributed by atoms with Crippen molar-refractivity contribution in [2.45, 2.75) is 38.8 Å². The van der Waals surface area contributed by atoms with E-state index in [0.717, 1.165) is 39.3 Å². The zero-order valence-corrected chi connectivity index (χ0v) is 11.9. The Balaban J connectivity index is 2.25. The summed E-state index contributed by atoms with van der Waals surface area (Å²) in [6.07, 6.45) is 1.49. The van der Waals surface area contributed by atoms with Crippen molar-refractivity contribution >= 4 is 5.91 Å². The molecular formula is C13H27N3O2. The number of nitrogens with one attached hydrogen (secondary N) is 2. The smallest absolute Gasteiger partial charge is 0.220 e. The summed E-state index contributed by atoms with van der Waals surface area (Å²) >= 11 is 0. The molecule has 0 radical (unpaired) electrons. The van der Waals surface area contributed by atoms with Crippen molar-refractivity contribution in [3.05, 3.63) is 0 Å². The van der Waals surface area contributed by atoms with Crippen LogP contribution in [0.5, 0.6) is 0 Å². The highest BCUT2D eigenvalue weighted by molar-refractivity contribution is 5.76. The van der Waals surface area contributed by atoms with E-state index in [4.69, 9.17) is 4.74 Å². The lowest BCUT2D eigenvalue weighted by molar-refractivity contribution is -0.122. The third-order valence-corrected chi connectivity index (χ3v) is 3.56. The average molecular weight is 257 g/mol. The van der Waals surface area contributed by atoms with Crippen molar-refractivity contribution in [3.8, 4) is 0 Å². The van der Waals surface area contributed by atoms with Gasteiger partial charge in [-0.15, -0.1) is 0 Å². The topological polar surface area (TPSA) is 53.6 Å². The summed E-state index contributed by atoms with van der Waals surface area (Å²) in [6.45, 7) is 8.66. The summed E-state index contributed by atoms with van der Waals surface area (Å²) < 4.78 is 5.34. The molecule has 0 bridgehead atoms. The Labute approximate surface area is 110 Å². The van der Waals surface area contributed by atoms with Crippen LogP contribution < -0.4 is 10.6 Å². The lowest BCUT2D eigenvalue weighted by Crippen LogP contribution is -2.52. The fourth-order valence-electron chi connectivity index (χ4n) is 2.17. The molecule has 1 heterocycles. The Morgan fingerprint density at radius 2 is 2.00 bits per heavy atom. The molecule has 1 aliphatic rings. The van der Waals surface area contributed by atoms with Crippen LogP contribution >= 0.6 is 0 Å². The van der Waals surface area contributed by atoms with Gasteiger partial charge in [0.2, 0.25) is 5.91 Å². The number of morpholine rings is 1. The van der Waals surface area contributed by atoms with E-state index in [9.17, 15) is 4.79 Å². The summed E-state index contributed by atoms with van der Waals surface area (Å²) in [4.78, 5) is 14.1. The lowest BCUT2D eigenvalue weighted by atomic mass is 10.1. The van der Waals surface area contributed by atoms with Gasteiger partial charge in [0.15, 0.2) is 0 Å². The highest BCUT2D eigenvalue weighted by Crippen LogP contribution is 2.07. The molecule has 0 aromatic heterocycles. The molecule has 1 saturated heterocycles. The third kappa shape index (κ3) is 5.33. The van der Waals surface area contributed by atoms with Gasteiger partial charge in [-0.3, -0.25) is 9.69 Å². The molecule has 0 spiro atoms. The zero-order chi connectivity index (χ0) is 13.4. The highest BCUT2D eigenvalue weighted by Gasteiger charge is 2.22. The number of carbonyl (C=O) groups excluding carboxylic acids is 1. The normalized spacial score (nSPS) is 20.4. The van der Waals surface area contributed by atoms with Gasteiger partial charge in [0.1, 0.15) is 0 Å². The largest absolute Gasteiger partial charge is 0.379 e. The number of nitrogens with zero attached hydrogens (tertiary/aromatic N) is 1. The first-order chi connectivity index (χ1) is 8.65. The van der Waals surface area contributed by atoms with E-state index in [-0.39, 0.29) is 11.9 Å². The van der Waals surface area contributed by atoms with Crippen LogP contribution in [-0.4, -0.2) is 62.8 Å². The van der Waals surface area contributed by atoms with Gasteiger partial charge >= 0.3 is 0 Å². The van der Waals surface area contributed by atoms with Crippen LogP contribution in [0.1, 0.15) is 26.7 Å². The maximum atomic E-state index is 11.7. The molecule has 2 N–H and O–H groups in total. The van der Waals surface area contributed by atoms with E-state index in [1.807, 2.05) is 7.05 Å². The Bertz CT molecular complexity index is 242. The minimum absolute atomic E-state index is 0.151. The second kappa shape index (κ2) is 8.45. The van der Waals surface area contributed by atoms with Crippen molar-refractivity contribution in [2.24, 2.45) is 0 Å². The second-order valence-electron chi connectivity index (χ2n) is 4.95. The Morgan fingerprint density at radius 1 is 1.33 bits per heavy atom. The highest BCUT2D eigenvalue weighted by atomic mass is 16.5. The van der Waals surface area contributed by atoms with E-state index in [1.54, 1.807) is 0 Å². The van der Waals surface area contributed by atoms with Crippen LogP contribution in [0.4, 0.5) is 0 Å². The van der Waals surface area contributed by atoms with Crippen molar-refractivity contribution in [3.63, 3.8) is 0 Å². The fraction of sp³-hybridized carbons (Fsp3) is 0.923. The molecule has 1 fully saturated rings. The predicted molar refractivity (Wildman–Crippen MR) is 72.6 cm³/mol. The Morgan fingerprint density at radius 3 is 2.61 bits per heavy atom. The first-order valence-electron chi connectivity index (χ1n) is 6.91. The van der Waals surface area contributed by atoms with Crippen LogP contribution in [0, 0.1) is 0 Å². The molecule has 0 saturated carbocycles. The van der Waals surface area contributed by atoms with Gasteiger partial charge in [-0.1, -0.05) is 0 Å². The van der Waals surface area contributed by atoms with Crippen LogP contribution in [0.15, 0.2) is 0 Å². The first kappa shape index (κ1) is 15.4. The number of ether oxygens (including phenoxy) is 1. The summed E-state index contributed by atoms with van der Waals surface area (Å²) in [5, 5.41) is 6.14. The molecule has 0 aliphatic carbocycles. The molecule has 1 aliphatic heterocycles. The second-order valence-corrected chi connectivity index (χ2v) is 4.95.